The van der Waals surface area contributed by atoms with Crippen LogP contribution >= 0.6 is 0 Å². The van der Waals surface area contributed by atoms with Gasteiger partial charge in [-0.1, -0.05) is 50.6 Å². The van der Waals surface area contributed by atoms with Crippen molar-refractivity contribution in [1.82, 2.24) is 5.32 Å². The predicted molar refractivity (Wildman–Crippen MR) is 92.4 cm³/mol. The van der Waals surface area contributed by atoms with Gasteiger partial charge in [0.15, 0.2) is 5.78 Å². The van der Waals surface area contributed by atoms with E-state index in [0.29, 0.717) is 6.42 Å². The molecule has 1 amide bonds. The van der Waals surface area contributed by atoms with Crippen LogP contribution in [0.2, 0.25) is 0 Å². The summed E-state index contributed by atoms with van der Waals surface area (Å²) < 4.78 is 4.84. The van der Waals surface area contributed by atoms with Crippen LogP contribution in [0.4, 0.5) is 4.79 Å². The number of ether oxygens (including phenoxy) is 1. The Balaban J connectivity index is 0. The summed E-state index contributed by atoms with van der Waals surface area (Å²) in [6.07, 6.45) is 0.200. The van der Waals surface area contributed by atoms with Crippen molar-refractivity contribution >= 4 is 11.9 Å². The molecule has 0 spiro atoms. The van der Waals surface area contributed by atoms with Crippen LogP contribution < -0.4 is 5.32 Å². The monoisotopic (exact) mass is 309 g/mol. The maximum atomic E-state index is 11.1. The quantitative estimate of drug-likeness (QED) is 0.802. The Kier molecular flexibility index (Phi) is 12.0. The summed E-state index contributed by atoms with van der Waals surface area (Å²) in [5.41, 5.74) is 1.62. The summed E-state index contributed by atoms with van der Waals surface area (Å²) in [5, 5.41) is 2.36. The molecule has 0 aromatic heterocycles. The molecule has 1 N–H and O–H groups in total. The van der Waals surface area contributed by atoms with Gasteiger partial charge in [0.2, 0.25) is 0 Å². The molecule has 0 aliphatic heterocycles. The summed E-state index contributed by atoms with van der Waals surface area (Å²) >= 11 is 0. The Morgan fingerprint density at radius 2 is 1.55 bits per heavy atom. The van der Waals surface area contributed by atoms with Crippen LogP contribution in [0.15, 0.2) is 24.3 Å². The number of amides is 1. The Bertz CT molecular complexity index is 431. The van der Waals surface area contributed by atoms with Crippen molar-refractivity contribution in [2.24, 2.45) is 0 Å². The Morgan fingerprint density at radius 3 is 1.82 bits per heavy atom. The number of hydrogen-bond donors (Lipinski definition) is 1. The number of nitrogens with one attached hydrogen (secondary N) is 1. The summed E-state index contributed by atoms with van der Waals surface area (Å²) in [5.74, 6) is 0.213. The first-order valence-electron chi connectivity index (χ1n) is 7.70. The zero-order valence-corrected chi connectivity index (χ0v) is 15.2. The molecule has 0 unspecified atom stereocenters. The van der Waals surface area contributed by atoms with E-state index in [9.17, 15) is 9.59 Å². The first-order valence-corrected chi connectivity index (χ1v) is 7.70. The third-order valence-corrected chi connectivity index (χ3v) is 2.30. The fourth-order valence-electron chi connectivity index (χ4n) is 1.27. The van der Waals surface area contributed by atoms with Crippen molar-refractivity contribution in [1.29, 1.82) is 0 Å². The van der Waals surface area contributed by atoms with Crippen molar-refractivity contribution in [2.45, 2.75) is 60.5 Å². The van der Waals surface area contributed by atoms with Gasteiger partial charge in [-0.25, -0.2) is 4.79 Å². The van der Waals surface area contributed by atoms with Gasteiger partial charge >= 0.3 is 6.09 Å². The standard InChI is InChI=1S/C10H12O.C6H13NO2.C2H6/c1-3-10(11)9-6-4-8(2)5-7-9;1-6(2,3)9-5(8)7-4;1-2/h4-7H,3H2,1-2H3;1-4H3,(H,7,8);1-2H3. The van der Waals surface area contributed by atoms with Crippen LogP contribution in [0, 0.1) is 6.92 Å². The normalized spacial score (nSPS) is 9.45. The Hall–Kier alpha value is -1.84. The molecule has 0 aliphatic carbocycles. The summed E-state index contributed by atoms with van der Waals surface area (Å²) in [6.45, 7) is 13.4. The first-order chi connectivity index (χ1) is 10.2. The van der Waals surface area contributed by atoms with E-state index in [-0.39, 0.29) is 17.5 Å². The average molecular weight is 309 g/mol. The average Bonchev–Trinajstić information content (AvgIpc) is 2.48. The predicted octanol–water partition coefficient (Wildman–Crippen LogP) is 4.75. The fourth-order valence-corrected chi connectivity index (χ4v) is 1.27. The van der Waals surface area contributed by atoms with Crippen LogP contribution in [-0.4, -0.2) is 24.5 Å². The molecular weight excluding hydrogens is 278 g/mol. The minimum absolute atomic E-state index is 0.213. The fraction of sp³-hybridized carbons (Fsp3) is 0.556. The lowest BCUT2D eigenvalue weighted by atomic mass is 10.1. The lowest BCUT2D eigenvalue weighted by Gasteiger charge is -2.18. The molecule has 0 aliphatic rings. The second-order valence-corrected chi connectivity index (χ2v) is 5.39. The van der Waals surface area contributed by atoms with Crippen molar-refractivity contribution < 1.29 is 14.3 Å². The van der Waals surface area contributed by atoms with E-state index >= 15 is 0 Å². The van der Waals surface area contributed by atoms with Crippen molar-refractivity contribution in [3.63, 3.8) is 0 Å². The molecular formula is C18H31NO3. The van der Waals surface area contributed by atoms with E-state index < -0.39 is 0 Å². The maximum Gasteiger partial charge on any atom is 0.407 e. The van der Waals surface area contributed by atoms with Crippen molar-refractivity contribution in [3.05, 3.63) is 35.4 Å². The van der Waals surface area contributed by atoms with Gasteiger partial charge in [-0.05, 0) is 27.7 Å². The molecule has 4 nitrogen and oxygen atoms in total. The van der Waals surface area contributed by atoms with Crippen LogP contribution in [0.1, 0.15) is 63.9 Å². The minimum Gasteiger partial charge on any atom is -0.444 e. The molecule has 0 radical (unpaired) electrons. The van der Waals surface area contributed by atoms with Gasteiger partial charge in [0.25, 0.3) is 0 Å². The van der Waals surface area contributed by atoms with Crippen molar-refractivity contribution in [3.8, 4) is 0 Å². The van der Waals surface area contributed by atoms with Crippen LogP contribution in [0.3, 0.4) is 0 Å². The molecule has 0 bridgehead atoms. The number of ketones is 1. The summed E-state index contributed by atoms with van der Waals surface area (Å²) in [6, 6.07) is 7.67. The number of hydrogen-bond acceptors (Lipinski definition) is 3. The number of Topliss-reactive ketones (excluding diaryl/α,β-unsaturated/α-hetero) is 1. The second-order valence-electron chi connectivity index (χ2n) is 5.39. The number of benzene rings is 1. The van der Waals surface area contributed by atoms with Crippen molar-refractivity contribution in [2.75, 3.05) is 7.05 Å². The highest BCUT2D eigenvalue weighted by molar-refractivity contribution is 5.95. The van der Waals surface area contributed by atoms with E-state index in [1.807, 2.05) is 72.7 Å². The largest absolute Gasteiger partial charge is 0.444 e. The van der Waals surface area contributed by atoms with Crippen LogP contribution in [0.25, 0.3) is 0 Å². The van der Waals surface area contributed by atoms with E-state index in [1.54, 1.807) is 0 Å². The molecule has 1 aromatic rings. The van der Waals surface area contributed by atoms with E-state index in [4.69, 9.17) is 4.74 Å². The molecule has 1 aromatic carbocycles. The van der Waals surface area contributed by atoms with Gasteiger partial charge < -0.3 is 10.1 Å². The van der Waals surface area contributed by atoms with Crippen LogP contribution in [-0.2, 0) is 4.74 Å². The smallest absolute Gasteiger partial charge is 0.407 e. The topological polar surface area (TPSA) is 55.4 Å². The van der Waals surface area contributed by atoms with Gasteiger partial charge in [-0.15, -0.1) is 0 Å². The number of alkyl carbamates (subject to hydrolysis) is 1. The molecule has 0 heterocycles. The first kappa shape index (κ1) is 22.4. The highest BCUT2D eigenvalue weighted by Crippen LogP contribution is 2.06. The summed E-state index contributed by atoms with van der Waals surface area (Å²) in [4.78, 5) is 21.6. The molecule has 126 valence electrons. The number of rotatable bonds is 2. The zero-order valence-electron chi connectivity index (χ0n) is 15.2. The lowest BCUT2D eigenvalue weighted by Crippen LogP contribution is -2.30. The molecule has 0 fully saturated rings. The van der Waals surface area contributed by atoms with Crippen LogP contribution in [0.5, 0.6) is 0 Å². The Morgan fingerprint density at radius 1 is 1.09 bits per heavy atom. The minimum atomic E-state index is -0.389. The number of carbonyl (C=O) groups excluding carboxylic acids is 2. The third kappa shape index (κ3) is 11.9. The molecule has 0 saturated heterocycles. The molecule has 22 heavy (non-hydrogen) atoms. The molecule has 0 atom stereocenters. The molecule has 0 saturated carbocycles. The highest BCUT2D eigenvalue weighted by atomic mass is 16.6. The molecule has 1 rings (SSSR count). The van der Waals surface area contributed by atoms with Gasteiger partial charge in [0.1, 0.15) is 5.60 Å². The van der Waals surface area contributed by atoms with Gasteiger partial charge in [-0.3, -0.25) is 4.79 Å². The van der Waals surface area contributed by atoms with E-state index in [1.165, 1.54) is 12.6 Å². The second kappa shape index (κ2) is 11.8. The van der Waals surface area contributed by atoms with Gasteiger partial charge in [0.05, 0.1) is 0 Å². The lowest BCUT2D eigenvalue weighted by molar-refractivity contribution is 0.0541. The molecule has 4 heteroatoms. The highest BCUT2D eigenvalue weighted by Gasteiger charge is 2.13. The SMILES string of the molecule is CC.CCC(=O)c1ccc(C)cc1.CNC(=O)OC(C)(C)C. The Labute approximate surface area is 135 Å². The summed E-state index contributed by atoms with van der Waals surface area (Å²) in [7, 11) is 1.54. The number of aryl methyl sites for hydroxylation is 1. The third-order valence-electron chi connectivity index (χ3n) is 2.30. The maximum absolute atomic E-state index is 11.1. The zero-order chi connectivity index (χ0) is 17.8. The number of carbonyl (C=O) groups is 2. The van der Waals surface area contributed by atoms with E-state index in [2.05, 4.69) is 5.32 Å². The van der Waals surface area contributed by atoms with Gasteiger partial charge in [-0.2, -0.15) is 0 Å². The van der Waals surface area contributed by atoms with Gasteiger partial charge in [0, 0.05) is 19.0 Å². The van der Waals surface area contributed by atoms with E-state index in [0.717, 1.165) is 5.56 Å².